The first-order chi connectivity index (χ1) is 23.1. The molecule has 3 aromatic carbocycles. The standard InChI is InChI=1S/C43H48N2O3/c1-7-44-36-18-11-9-16-34(36)42(3,4)38(44)27-23-31-14-13-15-32(41(31)48-33-25-20-30(21-26-33)22-29-40(46)47)24-28-39-43(5,6)35-17-10-12-19-37(35)45(39)8-2/h9-12,16-21,23-28H,7-8,13-15,22,29H2,1-6H3/p+1. The van der Waals surface area contributed by atoms with E-state index in [-0.39, 0.29) is 17.3 Å². The Morgan fingerprint density at radius 3 is 2.29 bits per heavy atom. The zero-order chi connectivity index (χ0) is 34.1. The molecule has 5 nitrogen and oxygen atoms in total. The van der Waals surface area contributed by atoms with Gasteiger partial charge in [0.15, 0.2) is 5.71 Å². The maximum atomic E-state index is 11.1. The number of benzene rings is 3. The monoisotopic (exact) mass is 641 g/mol. The molecule has 2 heterocycles. The van der Waals surface area contributed by atoms with Crippen molar-refractivity contribution in [3.8, 4) is 5.75 Å². The molecule has 0 saturated carbocycles. The summed E-state index contributed by atoms with van der Waals surface area (Å²) in [6, 6.07) is 25.4. The smallest absolute Gasteiger partial charge is 0.303 e. The molecular formula is C43H49N2O3+. The molecular weight excluding hydrogens is 592 g/mol. The summed E-state index contributed by atoms with van der Waals surface area (Å²) in [5.41, 5.74) is 11.0. The molecule has 0 amide bonds. The molecule has 0 fully saturated rings. The van der Waals surface area contributed by atoms with Gasteiger partial charge >= 0.3 is 5.97 Å². The lowest BCUT2D eigenvalue weighted by molar-refractivity contribution is -0.433. The number of allylic oxidation sites excluding steroid dienone is 7. The zero-order valence-electron chi connectivity index (χ0n) is 29.3. The molecule has 6 rings (SSSR count). The number of nitrogens with zero attached hydrogens (tertiary/aromatic N) is 2. The molecule has 0 spiro atoms. The molecule has 2 aliphatic heterocycles. The van der Waals surface area contributed by atoms with Gasteiger partial charge in [0.2, 0.25) is 5.69 Å². The summed E-state index contributed by atoms with van der Waals surface area (Å²) in [7, 11) is 0. The fourth-order valence-corrected chi connectivity index (χ4v) is 7.77. The van der Waals surface area contributed by atoms with Crippen molar-refractivity contribution in [3.63, 3.8) is 0 Å². The molecule has 5 heteroatoms. The number of carboxylic acids is 1. The largest absolute Gasteiger partial charge is 0.481 e. The number of rotatable bonds is 10. The number of hydrogen-bond donors (Lipinski definition) is 1. The van der Waals surface area contributed by atoms with Crippen molar-refractivity contribution in [2.24, 2.45) is 0 Å². The number of aliphatic carboxylic acids is 1. The summed E-state index contributed by atoms with van der Waals surface area (Å²) in [5, 5.41) is 9.14. The highest BCUT2D eigenvalue weighted by atomic mass is 16.5. The third kappa shape index (κ3) is 6.19. The van der Waals surface area contributed by atoms with Gasteiger partial charge in [0.25, 0.3) is 0 Å². The summed E-state index contributed by atoms with van der Waals surface area (Å²) in [4.78, 5) is 13.6. The van der Waals surface area contributed by atoms with Crippen LogP contribution < -0.4 is 9.64 Å². The Bertz CT molecular complexity index is 1870. The summed E-state index contributed by atoms with van der Waals surface area (Å²) >= 11 is 0. The molecule has 48 heavy (non-hydrogen) atoms. The minimum Gasteiger partial charge on any atom is -0.481 e. The molecule has 1 N–H and O–H groups in total. The van der Waals surface area contributed by atoms with Crippen LogP contribution in [0.4, 0.5) is 11.4 Å². The van der Waals surface area contributed by atoms with Crippen LogP contribution in [-0.4, -0.2) is 34.5 Å². The Morgan fingerprint density at radius 2 is 1.58 bits per heavy atom. The number of aryl methyl sites for hydroxylation is 1. The van der Waals surface area contributed by atoms with Gasteiger partial charge in [-0.2, -0.15) is 4.58 Å². The fraction of sp³-hybridized carbons (Fsp3) is 0.349. The Labute approximate surface area is 286 Å². The second-order valence-corrected chi connectivity index (χ2v) is 14.1. The van der Waals surface area contributed by atoms with Gasteiger partial charge in [0, 0.05) is 47.5 Å². The van der Waals surface area contributed by atoms with E-state index < -0.39 is 5.97 Å². The van der Waals surface area contributed by atoms with E-state index in [1.54, 1.807) is 0 Å². The lowest BCUT2D eigenvalue weighted by Crippen LogP contribution is -2.27. The summed E-state index contributed by atoms with van der Waals surface area (Å²) in [5.74, 6) is 0.892. The fourth-order valence-electron chi connectivity index (χ4n) is 7.77. The second-order valence-electron chi connectivity index (χ2n) is 14.1. The predicted molar refractivity (Wildman–Crippen MR) is 197 cm³/mol. The van der Waals surface area contributed by atoms with Gasteiger partial charge in [0.1, 0.15) is 18.1 Å². The minimum atomic E-state index is -0.786. The molecule has 0 atom stereocenters. The molecule has 0 unspecified atom stereocenters. The number of anilines is 1. The predicted octanol–water partition coefficient (Wildman–Crippen LogP) is 9.80. The first-order valence-electron chi connectivity index (χ1n) is 17.5. The maximum absolute atomic E-state index is 11.1. The highest BCUT2D eigenvalue weighted by molar-refractivity contribution is 6.03. The summed E-state index contributed by atoms with van der Waals surface area (Å²) < 4.78 is 9.24. The van der Waals surface area contributed by atoms with E-state index in [1.807, 2.05) is 24.3 Å². The summed E-state index contributed by atoms with van der Waals surface area (Å²) in [6.45, 7) is 15.5. The van der Waals surface area contributed by atoms with E-state index in [0.29, 0.717) is 6.42 Å². The Hall–Kier alpha value is -4.64. The number of likely N-dealkylation sites (N-methyl/N-ethyl adjacent to an activating group) is 1. The third-order valence-corrected chi connectivity index (χ3v) is 10.4. The van der Waals surface area contributed by atoms with Crippen LogP contribution in [0, 0.1) is 0 Å². The van der Waals surface area contributed by atoms with Gasteiger partial charge in [-0.15, -0.1) is 0 Å². The average Bonchev–Trinajstić information content (AvgIpc) is 3.44. The van der Waals surface area contributed by atoms with Crippen molar-refractivity contribution in [2.75, 3.05) is 18.0 Å². The van der Waals surface area contributed by atoms with E-state index in [4.69, 9.17) is 9.84 Å². The zero-order valence-corrected chi connectivity index (χ0v) is 29.3. The van der Waals surface area contributed by atoms with E-state index in [1.165, 1.54) is 45.1 Å². The van der Waals surface area contributed by atoms with Crippen LogP contribution in [0.1, 0.15) is 83.9 Å². The Balaban J connectivity index is 1.41. The Morgan fingerprint density at radius 1 is 0.875 bits per heavy atom. The first-order valence-corrected chi connectivity index (χ1v) is 17.5. The van der Waals surface area contributed by atoms with Crippen molar-refractivity contribution < 1.29 is 19.2 Å². The quantitative estimate of drug-likeness (QED) is 0.224. The molecule has 0 radical (unpaired) electrons. The molecule has 0 saturated heterocycles. The van der Waals surface area contributed by atoms with Crippen molar-refractivity contribution >= 4 is 23.1 Å². The van der Waals surface area contributed by atoms with Crippen LogP contribution in [0.2, 0.25) is 0 Å². The third-order valence-electron chi connectivity index (χ3n) is 10.4. The van der Waals surface area contributed by atoms with E-state index in [0.717, 1.165) is 49.4 Å². The number of fused-ring (bicyclic) bond motifs is 2. The summed E-state index contributed by atoms with van der Waals surface area (Å²) in [6.07, 6.45) is 12.7. The molecule has 248 valence electrons. The van der Waals surface area contributed by atoms with E-state index in [2.05, 4.69) is 124 Å². The highest BCUT2D eigenvalue weighted by Gasteiger charge is 2.43. The molecule has 0 aromatic heterocycles. The number of hydrogen-bond acceptors (Lipinski definition) is 3. The van der Waals surface area contributed by atoms with Gasteiger partial charge in [-0.1, -0.05) is 68.5 Å². The van der Waals surface area contributed by atoms with E-state index >= 15 is 0 Å². The average molecular weight is 642 g/mol. The van der Waals surface area contributed by atoms with Gasteiger partial charge in [0.05, 0.1) is 5.41 Å². The minimum absolute atomic E-state index is 0.110. The second kappa shape index (κ2) is 13.5. The number of carboxylic acid groups (broad SMARTS) is 1. The van der Waals surface area contributed by atoms with Gasteiger partial charge in [-0.05, 0) is 106 Å². The topological polar surface area (TPSA) is 52.8 Å². The van der Waals surface area contributed by atoms with Crippen LogP contribution in [0.25, 0.3) is 0 Å². The Kier molecular flexibility index (Phi) is 9.33. The maximum Gasteiger partial charge on any atom is 0.303 e. The SMILES string of the molecule is CCN1C(=CC=C2CCCC(C=CC3=[N+](CC)c4ccccc4C3(C)C)=C2Oc2ccc(CCC(=O)O)cc2)C(C)(C)c2ccccc21. The van der Waals surface area contributed by atoms with Crippen molar-refractivity contribution in [3.05, 3.63) is 136 Å². The van der Waals surface area contributed by atoms with Crippen molar-refractivity contribution in [1.82, 2.24) is 0 Å². The van der Waals surface area contributed by atoms with Crippen molar-refractivity contribution in [1.29, 1.82) is 0 Å². The molecule has 0 bridgehead atoms. The molecule has 3 aliphatic rings. The molecule has 1 aliphatic carbocycles. The van der Waals surface area contributed by atoms with Crippen LogP contribution in [0.5, 0.6) is 5.75 Å². The van der Waals surface area contributed by atoms with Crippen molar-refractivity contribution in [2.45, 2.75) is 84.5 Å². The van der Waals surface area contributed by atoms with Crippen LogP contribution in [0.15, 0.2) is 120 Å². The van der Waals surface area contributed by atoms with Gasteiger partial charge < -0.3 is 14.7 Å². The van der Waals surface area contributed by atoms with Gasteiger partial charge in [-0.3, -0.25) is 4.79 Å². The lowest BCUT2D eigenvalue weighted by Gasteiger charge is -2.26. The number of ether oxygens (including phenoxy) is 1. The molecule has 3 aromatic rings. The lowest BCUT2D eigenvalue weighted by atomic mass is 9.81. The van der Waals surface area contributed by atoms with Gasteiger partial charge in [-0.25, -0.2) is 0 Å². The number of para-hydroxylation sites is 2. The van der Waals surface area contributed by atoms with Crippen LogP contribution in [0.3, 0.4) is 0 Å². The van der Waals surface area contributed by atoms with Crippen LogP contribution in [-0.2, 0) is 22.0 Å². The number of carbonyl (C=O) groups is 1. The normalized spacial score (nSPS) is 19.8. The van der Waals surface area contributed by atoms with Crippen LogP contribution >= 0.6 is 0 Å². The first kappa shape index (κ1) is 33.3. The highest BCUT2D eigenvalue weighted by Crippen LogP contribution is 2.48. The van der Waals surface area contributed by atoms with E-state index in [9.17, 15) is 4.79 Å².